The van der Waals surface area contributed by atoms with E-state index in [2.05, 4.69) is 10.3 Å². The molecule has 0 bridgehead atoms. The number of nitrogens with zero attached hydrogens (tertiary/aromatic N) is 1. The van der Waals surface area contributed by atoms with Gasteiger partial charge in [0.2, 0.25) is 5.88 Å². The monoisotopic (exact) mass is 272 g/mol. The number of sulfone groups is 1. The number of rotatable bonds is 6. The van der Waals surface area contributed by atoms with E-state index in [0.29, 0.717) is 24.8 Å². The zero-order valence-corrected chi connectivity index (χ0v) is 12.0. The molecule has 0 atom stereocenters. The molecule has 18 heavy (non-hydrogen) atoms. The van der Waals surface area contributed by atoms with Crippen LogP contribution in [0, 0.1) is 0 Å². The van der Waals surface area contributed by atoms with Gasteiger partial charge >= 0.3 is 0 Å². The van der Waals surface area contributed by atoms with Crippen molar-refractivity contribution in [3.63, 3.8) is 0 Å². The average molecular weight is 272 g/mol. The van der Waals surface area contributed by atoms with E-state index >= 15 is 0 Å². The largest absolute Gasteiger partial charge is 0.478 e. The van der Waals surface area contributed by atoms with Crippen LogP contribution in [0.3, 0.4) is 0 Å². The normalized spacial score (nSPS) is 12.2. The summed E-state index contributed by atoms with van der Waals surface area (Å²) in [5.74, 6) is 1.14. The van der Waals surface area contributed by atoms with E-state index in [1.54, 1.807) is 26.0 Å². The van der Waals surface area contributed by atoms with Gasteiger partial charge < -0.3 is 10.1 Å². The third kappa shape index (κ3) is 3.87. The molecule has 6 heteroatoms. The van der Waals surface area contributed by atoms with E-state index in [4.69, 9.17) is 4.74 Å². The van der Waals surface area contributed by atoms with Crippen LogP contribution < -0.4 is 10.1 Å². The number of anilines is 1. The highest BCUT2D eigenvalue weighted by Gasteiger charge is 2.29. The zero-order chi connectivity index (χ0) is 13.8. The van der Waals surface area contributed by atoms with Gasteiger partial charge in [-0.3, -0.25) is 0 Å². The second kappa shape index (κ2) is 5.56. The average Bonchev–Trinajstić information content (AvgIpc) is 2.26. The van der Waals surface area contributed by atoms with Crippen molar-refractivity contribution in [3.05, 3.63) is 18.2 Å². The molecule has 0 unspecified atom stereocenters. The predicted molar refractivity (Wildman–Crippen MR) is 72.8 cm³/mol. The fraction of sp³-hybridized carbons (Fsp3) is 0.583. The summed E-state index contributed by atoms with van der Waals surface area (Å²) in [5, 5.41) is 3.02. The van der Waals surface area contributed by atoms with Crippen molar-refractivity contribution >= 4 is 15.7 Å². The van der Waals surface area contributed by atoms with Gasteiger partial charge in [-0.05, 0) is 26.8 Å². The Kier molecular flexibility index (Phi) is 4.56. The Bertz CT molecular complexity index is 498. The molecule has 0 saturated heterocycles. The molecule has 1 aromatic rings. The van der Waals surface area contributed by atoms with Crippen molar-refractivity contribution in [2.24, 2.45) is 0 Å². The summed E-state index contributed by atoms with van der Waals surface area (Å²) >= 11 is 0. The minimum absolute atomic E-state index is 0.300. The van der Waals surface area contributed by atoms with Crippen molar-refractivity contribution in [3.8, 4) is 5.88 Å². The van der Waals surface area contributed by atoms with Crippen LogP contribution in [0.1, 0.15) is 20.8 Å². The van der Waals surface area contributed by atoms with Crippen LogP contribution in [0.5, 0.6) is 5.88 Å². The standard InChI is InChI=1S/C12H20N2O3S/c1-5-17-11-8-6-7-10(14-11)13-9-12(2,3)18(4,15)16/h6-8H,5,9H2,1-4H3,(H,13,14). The Morgan fingerprint density at radius 1 is 1.39 bits per heavy atom. The molecule has 0 fully saturated rings. The second-order valence-corrected chi connectivity index (χ2v) is 7.33. The molecule has 102 valence electrons. The van der Waals surface area contributed by atoms with Gasteiger partial charge in [-0.1, -0.05) is 6.07 Å². The minimum atomic E-state index is -3.11. The van der Waals surface area contributed by atoms with Gasteiger partial charge in [0.1, 0.15) is 5.82 Å². The Labute approximate surface area is 108 Å². The quantitative estimate of drug-likeness (QED) is 0.854. The van der Waals surface area contributed by atoms with Crippen LogP contribution in [-0.2, 0) is 9.84 Å². The summed E-state index contributed by atoms with van der Waals surface area (Å²) in [5.41, 5.74) is 0. The lowest BCUT2D eigenvalue weighted by atomic mass is 10.2. The summed E-state index contributed by atoms with van der Waals surface area (Å²) in [4.78, 5) is 4.22. The van der Waals surface area contributed by atoms with E-state index in [1.807, 2.05) is 13.0 Å². The first kappa shape index (κ1) is 14.8. The fourth-order valence-electron chi connectivity index (χ4n) is 1.18. The lowest BCUT2D eigenvalue weighted by Crippen LogP contribution is -2.38. The highest BCUT2D eigenvalue weighted by molar-refractivity contribution is 7.92. The smallest absolute Gasteiger partial charge is 0.215 e. The molecule has 0 amide bonds. The number of pyridine rings is 1. The third-order valence-electron chi connectivity index (χ3n) is 2.71. The van der Waals surface area contributed by atoms with Crippen molar-refractivity contribution in [2.75, 3.05) is 24.7 Å². The highest BCUT2D eigenvalue weighted by Crippen LogP contribution is 2.17. The van der Waals surface area contributed by atoms with Crippen LogP contribution in [0.15, 0.2) is 18.2 Å². The van der Waals surface area contributed by atoms with Gasteiger partial charge in [0.15, 0.2) is 9.84 Å². The topological polar surface area (TPSA) is 68.3 Å². The summed E-state index contributed by atoms with van der Waals surface area (Å²) in [7, 11) is -3.11. The maximum atomic E-state index is 11.6. The van der Waals surface area contributed by atoms with E-state index in [0.717, 1.165) is 0 Å². The summed E-state index contributed by atoms with van der Waals surface area (Å²) in [6.07, 6.45) is 1.23. The Morgan fingerprint density at radius 2 is 2.06 bits per heavy atom. The number of hydrogen-bond acceptors (Lipinski definition) is 5. The Hall–Kier alpha value is -1.30. The lowest BCUT2D eigenvalue weighted by molar-refractivity contribution is 0.327. The molecule has 0 radical (unpaired) electrons. The van der Waals surface area contributed by atoms with Gasteiger partial charge in [0.05, 0.1) is 11.4 Å². The molecule has 0 aliphatic carbocycles. The van der Waals surface area contributed by atoms with Gasteiger partial charge in [-0.15, -0.1) is 0 Å². The number of hydrogen-bond donors (Lipinski definition) is 1. The van der Waals surface area contributed by atoms with Crippen molar-refractivity contribution < 1.29 is 13.2 Å². The van der Waals surface area contributed by atoms with Crippen molar-refractivity contribution in [1.29, 1.82) is 0 Å². The van der Waals surface area contributed by atoms with Crippen LogP contribution in [0.2, 0.25) is 0 Å². The van der Waals surface area contributed by atoms with Gasteiger partial charge in [0, 0.05) is 18.9 Å². The number of ether oxygens (including phenoxy) is 1. The van der Waals surface area contributed by atoms with Crippen LogP contribution >= 0.6 is 0 Å². The molecular weight excluding hydrogens is 252 g/mol. The second-order valence-electron chi connectivity index (χ2n) is 4.68. The molecule has 0 aliphatic heterocycles. The van der Waals surface area contributed by atoms with Crippen molar-refractivity contribution in [1.82, 2.24) is 4.98 Å². The van der Waals surface area contributed by atoms with Crippen molar-refractivity contribution in [2.45, 2.75) is 25.5 Å². The Morgan fingerprint density at radius 3 is 2.61 bits per heavy atom. The van der Waals surface area contributed by atoms with Crippen LogP contribution in [-0.4, -0.2) is 37.6 Å². The Balaban J connectivity index is 2.72. The molecule has 0 saturated carbocycles. The number of nitrogens with one attached hydrogen (secondary N) is 1. The van der Waals surface area contributed by atoms with Crippen LogP contribution in [0.25, 0.3) is 0 Å². The third-order valence-corrected chi connectivity index (χ3v) is 4.87. The van der Waals surface area contributed by atoms with Gasteiger partial charge in [0.25, 0.3) is 0 Å². The zero-order valence-electron chi connectivity index (χ0n) is 11.2. The molecule has 0 spiro atoms. The van der Waals surface area contributed by atoms with Gasteiger partial charge in [-0.25, -0.2) is 8.42 Å². The first-order chi connectivity index (χ1) is 8.26. The minimum Gasteiger partial charge on any atom is -0.478 e. The van der Waals surface area contributed by atoms with E-state index in [1.165, 1.54) is 6.26 Å². The van der Waals surface area contributed by atoms with E-state index in [9.17, 15) is 8.42 Å². The molecule has 1 rings (SSSR count). The maximum Gasteiger partial charge on any atom is 0.215 e. The molecule has 1 N–H and O–H groups in total. The van der Waals surface area contributed by atoms with E-state index in [-0.39, 0.29) is 0 Å². The summed E-state index contributed by atoms with van der Waals surface area (Å²) in [6, 6.07) is 5.35. The van der Waals surface area contributed by atoms with Gasteiger partial charge in [-0.2, -0.15) is 4.98 Å². The summed E-state index contributed by atoms with van der Waals surface area (Å²) < 4.78 is 27.6. The SMILES string of the molecule is CCOc1cccc(NCC(C)(C)S(C)(=O)=O)n1. The molecule has 5 nitrogen and oxygen atoms in total. The number of aromatic nitrogens is 1. The lowest BCUT2D eigenvalue weighted by Gasteiger charge is -2.23. The molecule has 0 aliphatic rings. The maximum absolute atomic E-state index is 11.6. The predicted octanol–water partition coefficient (Wildman–Crippen LogP) is 1.72. The molecule has 0 aromatic carbocycles. The first-order valence-electron chi connectivity index (χ1n) is 5.79. The summed E-state index contributed by atoms with van der Waals surface area (Å²) in [6.45, 7) is 6.09. The molecular formula is C12H20N2O3S. The highest BCUT2D eigenvalue weighted by atomic mass is 32.2. The fourth-order valence-corrected chi connectivity index (χ4v) is 1.51. The van der Waals surface area contributed by atoms with E-state index < -0.39 is 14.6 Å². The van der Waals surface area contributed by atoms with Crippen LogP contribution in [0.4, 0.5) is 5.82 Å². The first-order valence-corrected chi connectivity index (χ1v) is 7.69. The molecule has 1 heterocycles. The molecule has 1 aromatic heterocycles.